The Morgan fingerprint density at radius 1 is 1.22 bits per heavy atom. The lowest BCUT2D eigenvalue weighted by Crippen LogP contribution is -2.55. The van der Waals surface area contributed by atoms with E-state index in [0.29, 0.717) is 12.5 Å². The van der Waals surface area contributed by atoms with Crippen LogP contribution in [0.3, 0.4) is 0 Å². The number of amides is 1. The van der Waals surface area contributed by atoms with E-state index < -0.39 is 0 Å². The highest BCUT2D eigenvalue weighted by atomic mass is 16.5. The summed E-state index contributed by atoms with van der Waals surface area (Å²) in [5, 5.41) is 3.50. The predicted molar refractivity (Wildman–Crippen MR) is 108 cm³/mol. The first-order chi connectivity index (χ1) is 13.1. The summed E-state index contributed by atoms with van der Waals surface area (Å²) in [5.74, 6) is 1.48. The zero-order chi connectivity index (χ0) is 19.2. The first-order valence-corrected chi connectivity index (χ1v) is 10.0. The van der Waals surface area contributed by atoms with Gasteiger partial charge in [-0.05, 0) is 31.2 Å². The summed E-state index contributed by atoms with van der Waals surface area (Å²) in [4.78, 5) is 21.1. The maximum atomic E-state index is 12.5. The fraction of sp³-hybridized carbons (Fsp3) is 0.619. The average Bonchev–Trinajstić information content (AvgIpc) is 3.23. The summed E-state index contributed by atoms with van der Waals surface area (Å²) in [7, 11) is 1.82. The van der Waals surface area contributed by atoms with E-state index in [1.165, 1.54) is 11.1 Å². The van der Waals surface area contributed by atoms with Gasteiger partial charge in [0.1, 0.15) is 6.10 Å². The quantitative estimate of drug-likeness (QED) is 0.649. The molecule has 2 saturated heterocycles. The number of nitrogens with one attached hydrogen (secondary N) is 1. The molecule has 1 amide bonds. The number of guanidine groups is 1. The molecule has 0 spiro atoms. The standard InChI is InChI=1S/C21H32N4O2/c1-16-6-8-18(9-7-16)17(2)15-23-21(22-3)25-12-10-24(11-13-25)20(26)19-5-4-14-27-19/h6-9,17,19H,4-5,10-15H2,1-3H3,(H,22,23). The topological polar surface area (TPSA) is 57.2 Å². The van der Waals surface area contributed by atoms with E-state index >= 15 is 0 Å². The fourth-order valence-corrected chi connectivity index (χ4v) is 3.70. The molecule has 0 saturated carbocycles. The van der Waals surface area contributed by atoms with Gasteiger partial charge < -0.3 is 19.9 Å². The van der Waals surface area contributed by atoms with Gasteiger partial charge in [0.25, 0.3) is 5.91 Å². The predicted octanol–water partition coefficient (Wildman–Crippen LogP) is 2.00. The van der Waals surface area contributed by atoms with Crippen LogP contribution in [0.15, 0.2) is 29.3 Å². The molecule has 1 aromatic carbocycles. The molecule has 2 aliphatic heterocycles. The molecule has 0 aliphatic carbocycles. The van der Waals surface area contributed by atoms with E-state index in [4.69, 9.17) is 4.74 Å². The first kappa shape index (κ1) is 19.7. The van der Waals surface area contributed by atoms with Crippen LogP contribution in [0.4, 0.5) is 0 Å². The smallest absolute Gasteiger partial charge is 0.251 e. The molecule has 3 rings (SSSR count). The number of hydrogen-bond donors (Lipinski definition) is 1. The Morgan fingerprint density at radius 3 is 2.48 bits per heavy atom. The van der Waals surface area contributed by atoms with Crippen molar-refractivity contribution in [1.29, 1.82) is 0 Å². The Kier molecular flexibility index (Phi) is 6.72. The summed E-state index contributed by atoms with van der Waals surface area (Å²) in [5.41, 5.74) is 2.61. The number of aryl methyl sites for hydroxylation is 1. The van der Waals surface area contributed by atoms with Gasteiger partial charge in [0.15, 0.2) is 5.96 Å². The van der Waals surface area contributed by atoms with Gasteiger partial charge >= 0.3 is 0 Å². The molecular weight excluding hydrogens is 340 g/mol. The molecule has 2 aliphatic rings. The minimum Gasteiger partial charge on any atom is -0.368 e. The highest BCUT2D eigenvalue weighted by molar-refractivity contribution is 5.82. The molecule has 2 unspecified atom stereocenters. The van der Waals surface area contributed by atoms with Crippen LogP contribution < -0.4 is 5.32 Å². The van der Waals surface area contributed by atoms with Crippen molar-refractivity contribution in [3.8, 4) is 0 Å². The number of piperazine rings is 1. The molecule has 27 heavy (non-hydrogen) atoms. The van der Waals surface area contributed by atoms with Gasteiger partial charge in [-0.25, -0.2) is 0 Å². The summed E-state index contributed by atoms with van der Waals surface area (Å²) in [6, 6.07) is 8.70. The van der Waals surface area contributed by atoms with Crippen LogP contribution in [0.25, 0.3) is 0 Å². The first-order valence-electron chi connectivity index (χ1n) is 10.0. The number of carbonyl (C=O) groups is 1. The summed E-state index contributed by atoms with van der Waals surface area (Å²) >= 11 is 0. The number of rotatable bonds is 4. The van der Waals surface area contributed by atoms with Crippen molar-refractivity contribution >= 4 is 11.9 Å². The van der Waals surface area contributed by atoms with Crippen molar-refractivity contribution in [2.45, 2.75) is 38.7 Å². The summed E-state index contributed by atoms with van der Waals surface area (Å²) < 4.78 is 5.54. The van der Waals surface area contributed by atoms with Crippen molar-refractivity contribution in [2.24, 2.45) is 4.99 Å². The monoisotopic (exact) mass is 372 g/mol. The van der Waals surface area contributed by atoms with Gasteiger partial charge in [-0.15, -0.1) is 0 Å². The lowest BCUT2D eigenvalue weighted by atomic mass is 10.0. The van der Waals surface area contributed by atoms with E-state index in [1.807, 2.05) is 11.9 Å². The summed E-state index contributed by atoms with van der Waals surface area (Å²) in [6.45, 7) is 8.95. The van der Waals surface area contributed by atoms with Crippen LogP contribution in [0.2, 0.25) is 0 Å². The Balaban J connectivity index is 1.47. The molecular formula is C21H32N4O2. The molecule has 6 nitrogen and oxygen atoms in total. The Bertz CT molecular complexity index is 645. The van der Waals surface area contributed by atoms with E-state index in [-0.39, 0.29) is 12.0 Å². The molecule has 0 radical (unpaired) electrons. The van der Waals surface area contributed by atoms with Crippen molar-refractivity contribution in [2.75, 3.05) is 46.4 Å². The number of hydrogen-bond acceptors (Lipinski definition) is 3. The van der Waals surface area contributed by atoms with Gasteiger partial charge in [0, 0.05) is 46.4 Å². The van der Waals surface area contributed by atoms with Crippen molar-refractivity contribution in [3.05, 3.63) is 35.4 Å². The lowest BCUT2D eigenvalue weighted by molar-refractivity contribution is -0.142. The maximum absolute atomic E-state index is 12.5. The minimum absolute atomic E-state index is 0.156. The van der Waals surface area contributed by atoms with Gasteiger partial charge in [-0.3, -0.25) is 9.79 Å². The van der Waals surface area contributed by atoms with Gasteiger partial charge in [0.05, 0.1) is 0 Å². The lowest BCUT2D eigenvalue weighted by Gasteiger charge is -2.37. The second-order valence-corrected chi connectivity index (χ2v) is 7.55. The second kappa shape index (κ2) is 9.22. The summed E-state index contributed by atoms with van der Waals surface area (Å²) in [6.07, 6.45) is 1.63. The van der Waals surface area contributed by atoms with Gasteiger partial charge in [-0.2, -0.15) is 0 Å². The van der Waals surface area contributed by atoms with Crippen LogP contribution in [-0.2, 0) is 9.53 Å². The number of benzene rings is 1. The van der Waals surface area contributed by atoms with E-state index in [9.17, 15) is 4.79 Å². The molecule has 1 aromatic rings. The van der Waals surface area contributed by atoms with Crippen LogP contribution in [0.5, 0.6) is 0 Å². The molecule has 2 atom stereocenters. The third-order valence-corrected chi connectivity index (χ3v) is 5.52. The van der Waals surface area contributed by atoms with Crippen molar-refractivity contribution in [1.82, 2.24) is 15.1 Å². The number of aliphatic imine (C=N–C) groups is 1. The van der Waals surface area contributed by atoms with Crippen molar-refractivity contribution in [3.63, 3.8) is 0 Å². The third kappa shape index (κ3) is 5.01. The van der Waals surface area contributed by atoms with Crippen molar-refractivity contribution < 1.29 is 9.53 Å². The van der Waals surface area contributed by atoms with E-state index in [2.05, 4.69) is 53.3 Å². The van der Waals surface area contributed by atoms with Gasteiger partial charge in [-0.1, -0.05) is 36.8 Å². The van der Waals surface area contributed by atoms with Crippen LogP contribution in [0.1, 0.15) is 36.8 Å². The Morgan fingerprint density at radius 2 is 1.89 bits per heavy atom. The van der Waals surface area contributed by atoms with Crippen LogP contribution >= 0.6 is 0 Å². The number of carbonyl (C=O) groups excluding carboxylic acids is 1. The zero-order valence-corrected chi connectivity index (χ0v) is 16.8. The fourth-order valence-electron chi connectivity index (χ4n) is 3.70. The molecule has 6 heteroatoms. The minimum atomic E-state index is -0.218. The number of nitrogens with zero attached hydrogens (tertiary/aromatic N) is 3. The SMILES string of the molecule is CN=C(NCC(C)c1ccc(C)cc1)N1CCN(C(=O)C2CCCO2)CC1. The molecule has 0 aromatic heterocycles. The van der Waals surface area contributed by atoms with Crippen LogP contribution in [-0.4, -0.2) is 74.1 Å². The van der Waals surface area contributed by atoms with E-state index in [1.54, 1.807) is 0 Å². The van der Waals surface area contributed by atoms with Crippen LogP contribution in [0, 0.1) is 6.92 Å². The third-order valence-electron chi connectivity index (χ3n) is 5.52. The highest BCUT2D eigenvalue weighted by Gasteiger charge is 2.30. The Hall–Kier alpha value is -2.08. The molecule has 2 fully saturated rings. The average molecular weight is 373 g/mol. The Labute approximate surface area is 162 Å². The number of ether oxygens (including phenoxy) is 1. The second-order valence-electron chi connectivity index (χ2n) is 7.55. The molecule has 2 heterocycles. The zero-order valence-electron chi connectivity index (χ0n) is 16.8. The molecule has 148 valence electrons. The molecule has 1 N–H and O–H groups in total. The largest absolute Gasteiger partial charge is 0.368 e. The molecule has 0 bridgehead atoms. The maximum Gasteiger partial charge on any atom is 0.251 e. The van der Waals surface area contributed by atoms with Gasteiger partial charge in [0.2, 0.25) is 0 Å². The highest BCUT2D eigenvalue weighted by Crippen LogP contribution is 2.17. The normalized spacial score (nSPS) is 22.0. The van der Waals surface area contributed by atoms with E-state index in [0.717, 1.165) is 51.5 Å².